The number of nitrogens with zero attached hydrogens (tertiary/aromatic N) is 2. The quantitative estimate of drug-likeness (QED) is 0.882. The number of hydrogen-bond donors (Lipinski definition) is 1. The number of hydrogen-bond acceptors (Lipinski definition) is 6. The van der Waals surface area contributed by atoms with Crippen LogP contribution in [0, 0.1) is 6.92 Å². The Bertz CT molecular complexity index is 571. The van der Waals surface area contributed by atoms with Gasteiger partial charge < -0.3 is 10.1 Å². The van der Waals surface area contributed by atoms with Crippen LogP contribution >= 0.6 is 23.3 Å². The van der Waals surface area contributed by atoms with Gasteiger partial charge in [0.2, 0.25) is 0 Å². The molecule has 0 saturated carbocycles. The standard InChI is InChI=1S/C14H19N3OS2/c1-5-15-9(2)13-11(18-4)7-6-8-12(13)19-14-16-10(3)17-20-14/h6-9,15H,5H2,1-4H3. The lowest BCUT2D eigenvalue weighted by Gasteiger charge is -2.19. The Morgan fingerprint density at radius 2 is 2.25 bits per heavy atom. The smallest absolute Gasteiger partial charge is 0.174 e. The van der Waals surface area contributed by atoms with Crippen LogP contribution in [0.3, 0.4) is 0 Å². The fourth-order valence-electron chi connectivity index (χ4n) is 2.04. The second-order valence-electron chi connectivity index (χ2n) is 4.36. The highest BCUT2D eigenvalue weighted by Crippen LogP contribution is 2.38. The Morgan fingerprint density at radius 1 is 1.45 bits per heavy atom. The molecule has 2 aromatic rings. The molecule has 2 rings (SSSR count). The van der Waals surface area contributed by atoms with E-state index in [0.29, 0.717) is 0 Å². The van der Waals surface area contributed by atoms with Gasteiger partial charge in [0, 0.05) is 16.5 Å². The molecule has 108 valence electrons. The number of aryl methyl sites for hydroxylation is 1. The number of ether oxygens (including phenoxy) is 1. The van der Waals surface area contributed by atoms with Crippen molar-refractivity contribution in [2.75, 3.05) is 13.7 Å². The van der Waals surface area contributed by atoms with Crippen molar-refractivity contribution in [2.45, 2.75) is 36.0 Å². The first-order valence-electron chi connectivity index (χ1n) is 6.54. The van der Waals surface area contributed by atoms with Crippen molar-refractivity contribution in [1.82, 2.24) is 14.7 Å². The maximum Gasteiger partial charge on any atom is 0.174 e. The van der Waals surface area contributed by atoms with Gasteiger partial charge in [-0.05, 0) is 44.1 Å². The summed E-state index contributed by atoms with van der Waals surface area (Å²) < 4.78 is 10.7. The van der Waals surface area contributed by atoms with Gasteiger partial charge in [-0.2, -0.15) is 4.37 Å². The molecule has 0 aliphatic heterocycles. The Labute approximate surface area is 128 Å². The summed E-state index contributed by atoms with van der Waals surface area (Å²) in [6, 6.07) is 6.34. The van der Waals surface area contributed by atoms with E-state index in [1.54, 1.807) is 18.9 Å². The third-order valence-corrected chi connectivity index (χ3v) is 4.81. The summed E-state index contributed by atoms with van der Waals surface area (Å²) in [6.45, 7) is 7.08. The minimum absolute atomic E-state index is 0.229. The molecular formula is C14H19N3OS2. The second-order valence-corrected chi connectivity index (χ2v) is 6.40. The van der Waals surface area contributed by atoms with Crippen molar-refractivity contribution in [2.24, 2.45) is 0 Å². The fourth-order valence-corrected chi connectivity index (χ4v) is 3.89. The molecule has 0 spiro atoms. The molecule has 0 aliphatic rings. The lowest BCUT2D eigenvalue weighted by molar-refractivity contribution is 0.400. The SMILES string of the molecule is CCNC(C)c1c(OC)cccc1Sc1nc(C)ns1. The van der Waals surface area contributed by atoms with Gasteiger partial charge in [-0.3, -0.25) is 0 Å². The largest absolute Gasteiger partial charge is 0.496 e. The molecule has 6 heteroatoms. The van der Waals surface area contributed by atoms with Crippen LogP contribution in [-0.4, -0.2) is 23.0 Å². The maximum atomic E-state index is 5.51. The van der Waals surface area contributed by atoms with E-state index in [1.165, 1.54) is 17.1 Å². The predicted octanol–water partition coefficient (Wildman–Crippen LogP) is 3.68. The van der Waals surface area contributed by atoms with Gasteiger partial charge in [-0.15, -0.1) is 0 Å². The number of nitrogens with one attached hydrogen (secondary N) is 1. The van der Waals surface area contributed by atoms with Gasteiger partial charge >= 0.3 is 0 Å². The molecule has 1 atom stereocenters. The molecule has 20 heavy (non-hydrogen) atoms. The fraction of sp³-hybridized carbons (Fsp3) is 0.429. The first-order valence-corrected chi connectivity index (χ1v) is 8.13. The normalized spacial score (nSPS) is 12.4. The minimum Gasteiger partial charge on any atom is -0.496 e. The monoisotopic (exact) mass is 309 g/mol. The predicted molar refractivity (Wildman–Crippen MR) is 83.9 cm³/mol. The molecule has 1 aromatic heterocycles. The molecule has 0 amide bonds. The second kappa shape index (κ2) is 7.06. The van der Waals surface area contributed by atoms with Gasteiger partial charge in [0.1, 0.15) is 11.6 Å². The van der Waals surface area contributed by atoms with Gasteiger partial charge in [-0.1, -0.05) is 24.8 Å². The van der Waals surface area contributed by atoms with Crippen molar-refractivity contribution in [1.29, 1.82) is 0 Å². The van der Waals surface area contributed by atoms with Crippen molar-refractivity contribution in [3.63, 3.8) is 0 Å². The molecule has 1 heterocycles. The van der Waals surface area contributed by atoms with Crippen LogP contribution in [0.5, 0.6) is 5.75 Å². The average Bonchev–Trinajstić information content (AvgIpc) is 2.84. The molecular weight excluding hydrogens is 290 g/mol. The molecule has 1 N–H and O–H groups in total. The zero-order valence-corrected chi connectivity index (χ0v) is 13.8. The highest BCUT2D eigenvalue weighted by Gasteiger charge is 2.17. The van der Waals surface area contributed by atoms with Crippen LogP contribution < -0.4 is 10.1 Å². The Morgan fingerprint density at radius 3 is 2.85 bits per heavy atom. The number of benzene rings is 1. The lowest BCUT2D eigenvalue weighted by atomic mass is 10.1. The summed E-state index contributed by atoms with van der Waals surface area (Å²) in [4.78, 5) is 5.58. The summed E-state index contributed by atoms with van der Waals surface area (Å²) in [5.41, 5.74) is 1.18. The van der Waals surface area contributed by atoms with Crippen molar-refractivity contribution < 1.29 is 4.74 Å². The van der Waals surface area contributed by atoms with E-state index in [4.69, 9.17) is 4.74 Å². The average molecular weight is 309 g/mol. The molecule has 0 bridgehead atoms. The van der Waals surface area contributed by atoms with Gasteiger partial charge in [0.15, 0.2) is 4.34 Å². The lowest BCUT2D eigenvalue weighted by Crippen LogP contribution is -2.19. The first-order chi connectivity index (χ1) is 9.65. The third-order valence-electron chi connectivity index (χ3n) is 2.90. The van der Waals surface area contributed by atoms with Crippen LogP contribution in [0.25, 0.3) is 0 Å². The van der Waals surface area contributed by atoms with Crippen molar-refractivity contribution in [3.05, 3.63) is 29.6 Å². The van der Waals surface area contributed by atoms with E-state index in [1.807, 2.05) is 19.1 Å². The minimum atomic E-state index is 0.229. The molecule has 1 unspecified atom stereocenters. The van der Waals surface area contributed by atoms with Crippen LogP contribution in [0.2, 0.25) is 0 Å². The van der Waals surface area contributed by atoms with E-state index in [0.717, 1.165) is 27.4 Å². The van der Waals surface area contributed by atoms with E-state index in [2.05, 4.69) is 34.6 Å². The molecule has 0 fully saturated rings. The Balaban J connectivity index is 2.35. The van der Waals surface area contributed by atoms with E-state index in [9.17, 15) is 0 Å². The van der Waals surface area contributed by atoms with E-state index >= 15 is 0 Å². The highest BCUT2D eigenvalue weighted by molar-refractivity contribution is 8.01. The van der Waals surface area contributed by atoms with Crippen LogP contribution in [0.15, 0.2) is 27.4 Å². The molecule has 4 nitrogen and oxygen atoms in total. The zero-order valence-electron chi connectivity index (χ0n) is 12.1. The summed E-state index contributed by atoms with van der Waals surface area (Å²) in [5.74, 6) is 1.73. The Kier molecular flexibility index (Phi) is 5.39. The van der Waals surface area contributed by atoms with E-state index in [-0.39, 0.29) is 6.04 Å². The Hall–Kier alpha value is -1.11. The molecule has 0 radical (unpaired) electrons. The molecule has 0 saturated heterocycles. The van der Waals surface area contributed by atoms with Crippen LogP contribution in [-0.2, 0) is 0 Å². The van der Waals surface area contributed by atoms with Gasteiger partial charge in [0.05, 0.1) is 7.11 Å². The van der Waals surface area contributed by atoms with E-state index < -0.39 is 0 Å². The summed E-state index contributed by atoms with van der Waals surface area (Å²) in [5, 5.41) is 3.44. The van der Waals surface area contributed by atoms with Crippen LogP contribution in [0.1, 0.15) is 31.3 Å². The number of aromatic nitrogens is 2. The topological polar surface area (TPSA) is 47.0 Å². The van der Waals surface area contributed by atoms with Gasteiger partial charge in [0.25, 0.3) is 0 Å². The zero-order chi connectivity index (χ0) is 14.5. The first kappa shape index (κ1) is 15.3. The molecule has 0 aliphatic carbocycles. The molecule has 1 aromatic carbocycles. The number of methoxy groups -OCH3 is 1. The van der Waals surface area contributed by atoms with Gasteiger partial charge in [-0.25, -0.2) is 4.98 Å². The number of rotatable bonds is 6. The summed E-state index contributed by atoms with van der Waals surface area (Å²) in [7, 11) is 1.71. The van der Waals surface area contributed by atoms with Crippen molar-refractivity contribution in [3.8, 4) is 5.75 Å². The third kappa shape index (κ3) is 3.50. The maximum absolute atomic E-state index is 5.51. The van der Waals surface area contributed by atoms with Crippen molar-refractivity contribution >= 4 is 23.3 Å². The van der Waals surface area contributed by atoms with Crippen LogP contribution in [0.4, 0.5) is 0 Å². The summed E-state index contributed by atoms with van der Waals surface area (Å²) >= 11 is 3.08. The summed E-state index contributed by atoms with van der Waals surface area (Å²) in [6.07, 6.45) is 0. The highest BCUT2D eigenvalue weighted by atomic mass is 32.2.